The fourth-order valence-corrected chi connectivity index (χ4v) is 2.06. The summed E-state index contributed by atoms with van der Waals surface area (Å²) in [6.07, 6.45) is 0.292. The zero-order chi connectivity index (χ0) is 14.6. The summed E-state index contributed by atoms with van der Waals surface area (Å²) in [6.45, 7) is 4.29. The van der Waals surface area contributed by atoms with Crippen LogP contribution >= 0.6 is 11.6 Å². The number of aliphatic hydroxyl groups excluding tert-OH is 1. The number of hydrogen-bond donors (Lipinski definition) is 2. The SMILES string of the molecule is CC(=O)c1cc(Cl)cc(CN(C)CCC(C)O)c1O. The van der Waals surface area contributed by atoms with E-state index in [1.165, 1.54) is 13.0 Å². The molecular weight excluding hydrogens is 266 g/mol. The Morgan fingerprint density at radius 1 is 1.47 bits per heavy atom. The molecular formula is C14H20ClNO3. The van der Waals surface area contributed by atoms with Gasteiger partial charge in [0.05, 0.1) is 11.7 Å². The van der Waals surface area contributed by atoms with E-state index in [2.05, 4.69) is 0 Å². The van der Waals surface area contributed by atoms with E-state index < -0.39 is 0 Å². The predicted molar refractivity (Wildman–Crippen MR) is 75.8 cm³/mol. The third-order valence-corrected chi connectivity index (χ3v) is 3.12. The quantitative estimate of drug-likeness (QED) is 0.788. The molecule has 0 fully saturated rings. The fourth-order valence-electron chi connectivity index (χ4n) is 1.82. The van der Waals surface area contributed by atoms with Gasteiger partial charge in [0.2, 0.25) is 0 Å². The maximum Gasteiger partial charge on any atom is 0.163 e. The molecule has 106 valence electrons. The van der Waals surface area contributed by atoms with Gasteiger partial charge in [0.25, 0.3) is 0 Å². The summed E-state index contributed by atoms with van der Waals surface area (Å²) in [5.41, 5.74) is 0.859. The standard InChI is InChI=1S/C14H20ClNO3/c1-9(17)4-5-16(3)8-11-6-12(15)7-13(10(2)18)14(11)19/h6-7,9,17,19H,4-5,8H2,1-3H3. The molecule has 0 bridgehead atoms. The predicted octanol–water partition coefficient (Wildman–Crippen LogP) is 2.45. The summed E-state index contributed by atoms with van der Waals surface area (Å²) < 4.78 is 0. The lowest BCUT2D eigenvalue weighted by atomic mass is 10.1. The fraction of sp³-hybridized carbons (Fsp3) is 0.500. The minimum absolute atomic E-state index is 0.0132. The number of benzene rings is 1. The average molecular weight is 286 g/mol. The third-order valence-electron chi connectivity index (χ3n) is 2.90. The zero-order valence-corrected chi connectivity index (χ0v) is 12.2. The molecule has 1 aromatic carbocycles. The first-order valence-corrected chi connectivity index (χ1v) is 6.58. The normalized spacial score (nSPS) is 12.7. The summed E-state index contributed by atoms with van der Waals surface area (Å²) in [7, 11) is 1.89. The van der Waals surface area contributed by atoms with Crippen LogP contribution < -0.4 is 0 Å². The largest absolute Gasteiger partial charge is 0.507 e. The van der Waals surface area contributed by atoms with Crippen LogP contribution in [0.15, 0.2) is 12.1 Å². The Hall–Kier alpha value is -1.10. The van der Waals surface area contributed by atoms with Crippen molar-refractivity contribution in [1.29, 1.82) is 0 Å². The summed E-state index contributed by atoms with van der Waals surface area (Å²) in [5.74, 6) is -0.228. The number of aromatic hydroxyl groups is 1. The van der Waals surface area contributed by atoms with Crippen LogP contribution in [-0.2, 0) is 6.54 Å². The Morgan fingerprint density at radius 3 is 2.63 bits per heavy atom. The maximum absolute atomic E-state index is 11.4. The summed E-state index contributed by atoms with van der Waals surface area (Å²) in [6, 6.07) is 3.13. The summed E-state index contributed by atoms with van der Waals surface area (Å²) in [4.78, 5) is 13.4. The van der Waals surface area contributed by atoms with Crippen LogP contribution in [0.3, 0.4) is 0 Å². The number of hydrogen-bond acceptors (Lipinski definition) is 4. The van der Waals surface area contributed by atoms with Gasteiger partial charge in [-0.05, 0) is 39.4 Å². The molecule has 5 heteroatoms. The Bertz CT molecular complexity index is 460. The number of rotatable bonds is 6. The van der Waals surface area contributed by atoms with Gasteiger partial charge in [-0.3, -0.25) is 4.79 Å². The molecule has 4 nitrogen and oxygen atoms in total. The first-order chi connectivity index (χ1) is 8.81. The van der Waals surface area contributed by atoms with E-state index in [1.54, 1.807) is 13.0 Å². The van der Waals surface area contributed by atoms with Crippen molar-refractivity contribution in [3.63, 3.8) is 0 Å². The Kier molecular flexibility index (Phi) is 5.79. The molecule has 0 radical (unpaired) electrons. The molecule has 1 atom stereocenters. The summed E-state index contributed by atoms with van der Waals surface area (Å²) in [5, 5.41) is 19.7. The van der Waals surface area contributed by atoms with Gasteiger partial charge < -0.3 is 15.1 Å². The minimum Gasteiger partial charge on any atom is -0.507 e. The van der Waals surface area contributed by atoms with Crippen LogP contribution in [0.25, 0.3) is 0 Å². The molecule has 0 saturated carbocycles. The lowest BCUT2D eigenvalue weighted by Gasteiger charge is -2.19. The number of aliphatic hydroxyl groups is 1. The smallest absolute Gasteiger partial charge is 0.163 e. The third kappa shape index (κ3) is 4.82. The maximum atomic E-state index is 11.4. The highest BCUT2D eigenvalue weighted by atomic mass is 35.5. The van der Waals surface area contributed by atoms with Crippen molar-refractivity contribution in [2.45, 2.75) is 32.9 Å². The highest BCUT2D eigenvalue weighted by Gasteiger charge is 2.14. The lowest BCUT2D eigenvalue weighted by Crippen LogP contribution is -2.22. The molecule has 0 aliphatic carbocycles. The Morgan fingerprint density at radius 2 is 2.11 bits per heavy atom. The molecule has 0 aromatic heterocycles. The second-order valence-electron chi connectivity index (χ2n) is 4.89. The molecule has 0 heterocycles. The summed E-state index contributed by atoms with van der Waals surface area (Å²) >= 11 is 5.96. The van der Waals surface area contributed by atoms with Crippen LogP contribution in [0.2, 0.25) is 5.02 Å². The molecule has 1 rings (SSSR count). The lowest BCUT2D eigenvalue weighted by molar-refractivity contribution is 0.101. The minimum atomic E-state index is -0.358. The van der Waals surface area contributed by atoms with Gasteiger partial charge in [0.1, 0.15) is 5.75 Å². The molecule has 0 aliphatic rings. The first-order valence-electron chi connectivity index (χ1n) is 6.20. The number of nitrogens with zero attached hydrogens (tertiary/aromatic N) is 1. The monoisotopic (exact) mass is 285 g/mol. The number of phenols is 1. The van der Waals surface area contributed by atoms with Crippen LogP contribution in [0, 0.1) is 0 Å². The second kappa shape index (κ2) is 6.89. The van der Waals surface area contributed by atoms with Gasteiger partial charge in [-0.15, -0.1) is 0 Å². The van der Waals surface area contributed by atoms with Crippen LogP contribution in [0.4, 0.5) is 0 Å². The number of phenolic OH excluding ortho intramolecular Hbond substituents is 1. The zero-order valence-electron chi connectivity index (χ0n) is 11.5. The van der Waals surface area contributed by atoms with Crippen molar-refractivity contribution < 1.29 is 15.0 Å². The van der Waals surface area contributed by atoms with E-state index >= 15 is 0 Å². The number of ketones is 1. The topological polar surface area (TPSA) is 60.8 Å². The molecule has 0 aliphatic heterocycles. The molecule has 0 saturated heterocycles. The van der Waals surface area contributed by atoms with Crippen molar-refractivity contribution in [3.8, 4) is 5.75 Å². The Balaban J connectivity index is 2.86. The van der Waals surface area contributed by atoms with Gasteiger partial charge in [0, 0.05) is 23.7 Å². The number of carbonyl (C=O) groups excluding carboxylic acids is 1. The highest BCUT2D eigenvalue weighted by molar-refractivity contribution is 6.31. The van der Waals surface area contributed by atoms with Gasteiger partial charge >= 0.3 is 0 Å². The van der Waals surface area contributed by atoms with Gasteiger partial charge in [-0.25, -0.2) is 0 Å². The second-order valence-corrected chi connectivity index (χ2v) is 5.33. The van der Waals surface area contributed by atoms with Crippen LogP contribution in [0.5, 0.6) is 5.75 Å². The molecule has 1 unspecified atom stereocenters. The van der Waals surface area contributed by atoms with E-state index in [-0.39, 0.29) is 23.2 Å². The van der Waals surface area contributed by atoms with Crippen molar-refractivity contribution in [3.05, 3.63) is 28.3 Å². The van der Waals surface area contributed by atoms with Gasteiger partial charge in [-0.2, -0.15) is 0 Å². The number of halogens is 1. The van der Waals surface area contributed by atoms with E-state index in [4.69, 9.17) is 11.6 Å². The van der Waals surface area contributed by atoms with Crippen LogP contribution in [0.1, 0.15) is 36.2 Å². The van der Waals surface area contributed by atoms with Gasteiger partial charge in [-0.1, -0.05) is 11.6 Å². The Labute approximate surface area is 118 Å². The number of carbonyl (C=O) groups is 1. The van der Waals surface area contributed by atoms with E-state index in [0.29, 0.717) is 30.1 Å². The molecule has 2 N–H and O–H groups in total. The van der Waals surface area contributed by atoms with Crippen LogP contribution in [-0.4, -0.2) is 40.6 Å². The van der Waals surface area contributed by atoms with E-state index in [1.807, 2.05) is 11.9 Å². The van der Waals surface area contributed by atoms with Gasteiger partial charge in [0.15, 0.2) is 5.78 Å². The molecule has 19 heavy (non-hydrogen) atoms. The first kappa shape index (κ1) is 16.0. The van der Waals surface area contributed by atoms with E-state index in [0.717, 1.165) is 0 Å². The molecule has 0 amide bonds. The highest BCUT2D eigenvalue weighted by Crippen LogP contribution is 2.28. The number of Topliss-reactive ketones (excluding diaryl/α,β-unsaturated/α-hetero) is 1. The van der Waals surface area contributed by atoms with E-state index in [9.17, 15) is 15.0 Å². The molecule has 1 aromatic rings. The van der Waals surface area contributed by atoms with Crippen molar-refractivity contribution in [2.24, 2.45) is 0 Å². The molecule has 0 spiro atoms. The van der Waals surface area contributed by atoms with Crippen molar-refractivity contribution >= 4 is 17.4 Å². The average Bonchev–Trinajstić information content (AvgIpc) is 2.30. The van der Waals surface area contributed by atoms with Crippen molar-refractivity contribution in [1.82, 2.24) is 4.90 Å². The van der Waals surface area contributed by atoms with Crippen molar-refractivity contribution in [2.75, 3.05) is 13.6 Å².